The zero-order valence-electron chi connectivity index (χ0n) is 2.99. The number of hydrogen-bond donors (Lipinski definition) is 0. The van der Waals surface area contributed by atoms with Crippen LogP contribution >= 0.6 is 0 Å². The molecule has 0 fully saturated rings. The van der Waals surface area contributed by atoms with Crippen molar-refractivity contribution in [1.29, 1.82) is 0 Å². The average Bonchev–Trinajstić information content (AvgIpc) is 0.722. The Morgan fingerprint density at radius 3 is 0.857 bits per heavy atom. The fourth-order valence-electron chi connectivity index (χ4n) is 0. The fourth-order valence-corrected chi connectivity index (χ4v) is 0. The first kappa shape index (κ1) is 15.8. The van der Waals surface area contributed by atoms with Crippen molar-refractivity contribution in [2.45, 2.75) is 0 Å². The van der Waals surface area contributed by atoms with Crippen molar-refractivity contribution in [1.82, 2.24) is 0 Å². The number of rotatable bonds is 0. The molecule has 0 aliphatic carbocycles. The van der Waals surface area contributed by atoms with E-state index < -0.39 is 9.05 Å². The molecule has 0 aromatic carbocycles. The molecule has 0 radical (unpaired) electrons. The summed E-state index contributed by atoms with van der Waals surface area (Å²) in [6, 6.07) is 0. The van der Waals surface area contributed by atoms with Crippen LogP contribution in [0.15, 0.2) is 0 Å². The van der Waals surface area contributed by atoms with E-state index in [1.807, 2.05) is 0 Å². The Hall–Kier alpha value is 1.38. The van der Waals surface area contributed by atoms with Gasteiger partial charge in [0.05, 0.1) is 0 Å². The molecule has 0 aliphatic rings. The van der Waals surface area contributed by atoms with Crippen LogP contribution in [-0.2, 0) is 17.1 Å². The van der Waals surface area contributed by atoms with Gasteiger partial charge >= 0.3 is 41.0 Å². The van der Waals surface area contributed by atoms with Crippen molar-refractivity contribution >= 4 is 33.0 Å². The van der Waals surface area contributed by atoms with E-state index in [4.69, 9.17) is 19.2 Å². The van der Waals surface area contributed by atoms with Gasteiger partial charge in [0, 0.05) is 0 Å². The maximum absolute atomic E-state index is 8.58. The Morgan fingerprint density at radius 2 is 0.857 bits per heavy atom. The Kier molecular flexibility index (Phi) is 12.4. The summed E-state index contributed by atoms with van der Waals surface area (Å²) in [6.07, 6.45) is 0. The molecule has 0 heterocycles. The van der Waals surface area contributed by atoms with Crippen LogP contribution in [0.25, 0.3) is 0 Å². The molecule has 0 atom stereocenters. The van der Waals surface area contributed by atoms with Crippen LogP contribution < -0.4 is 19.2 Å². The molecule has 4 nitrogen and oxygen atoms in total. The van der Waals surface area contributed by atoms with Gasteiger partial charge in [-0.25, -0.2) is 0 Å². The summed E-state index contributed by atoms with van der Waals surface area (Å²) in [5.41, 5.74) is 0. The quantitative estimate of drug-likeness (QED) is 0.409. The monoisotopic (exact) mass is 268 g/mol. The zero-order valence-corrected chi connectivity index (χ0v) is 7.94. The van der Waals surface area contributed by atoms with Crippen molar-refractivity contribution in [3.05, 3.63) is 0 Å². The Morgan fingerprint density at radius 1 is 0.857 bits per heavy atom. The van der Waals surface area contributed by atoms with Crippen LogP contribution in [-0.4, -0.2) is 33.0 Å². The van der Waals surface area contributed by atoms with E-state index in [1.165, 1.54) is 0 Å². The summed E-state index contributed by atoms with van der Waals surface area (Å²) < 4.78 is 0. The molecular weight excluding hydrogens is 267 g/mol. The van der Waals surface area contributed by atoms with Gasteiger partial charge in [0.2, 0.25) is 0 Å². The molecule has 0 amide bonds. The van der Waals surface area contributed by atoms with Gasteiger partial charge in [-0.15, -0.1) is 0 Å². The third-order valence-corrected chi connectivity index (χ3v) is 0. The van der Waals surface area contributed by atoms with E-state index >= 15 is 0 Å². The van der Waals surface area contributed by atoms with E-state index in [1.54, 1.807) is 0 Å². The minimum absolute atomic E-state index is 0. The molecule has 0 N–H and O–H groups in total. The van der Waals surface area contributed by atoms with Crippen LogP contribution in [0.3, 0.4) is 0 Å². The molecule has 0 unspecified atom stereocenters. The molecule has 0 aromatic rings. The minimum Gasteiger partial charge on any atom is -0.894 e. The topological polar surface area (TPSA) is 92.2 Å². The first-order chi connectivity index (χ1) is 2.00. The molecular formula is FeO4SiSn+2. The van der Waals surface area contributed by atoms with E-state index in [9.17, 15) is 0 Å². The molecule has 0 saturated heterocycles. The summed E-state index contributed by atoms with van der Waals surface area (Å²) >= 11 is 0. The summed E-state index contributed by atoms with van der Waals surface area (Å²) in [5, 5.41) is 0. The molecule has 7 heteroatoms. The largest absolute Gasteiger partial charge is 4.00 e. The second kappa shape index (κ2) is 5.51. The van der Waals surface area contributed by atoms with E-state index in [-0.39, 0.29) is 41.0 Å². The molecule has 0 rings (SSSR count). The van der Waals surface area contributed by atoms with Gasteiger partial charge in [0.25, 0.3) is 0 Å². The third-order valence-electron chi connectivity index (χ3n) is 0. The van der Waals surface area contributed by atoms with Gasteiger partial charge in [-0.2, -0.15) is 0 Å². The summed E-state index contributed by atoms with van der Waals surface area (Å²) in [7, 11) is -5.61. The summed E-state index contributed by atoms with van der Waals surface area (Å²) in [6.45, 7) is 0. The normalized spacial score (nSPS) is 8.57. The molecule has 0 aliphatic heterocycles. The Bertz CT molecular complexity index is 27.2. The van der Waals surface area contributed by atoms with Crippen molar-refractivity contribution in [2.24, 2.45) is 0 Å². The van der Waals surface area contributed by atoms with Gasteiger partial charge in [-0.05, 0) is 0 Å². The SMILES string of the molecule is [Fe+2].[O-][Si]([O-])([O-])[O-].[Sn+4]. The second-order valence-corrected chi connectivity index (χ2v) is 1.50. The van der Waals surface area contributed by atoms with Crippen LogP contribution in [0.2, 0.25) is 0 Å². The van der Waals surface area contributed by atoms with Gasteiger partial charge in [-0.3, -0.25) is 0 Å². The van der Waals surface area contributed by atoms with Gasteiger partial charge in [-0.1, -0.05) is 0 Å². The van der Waals surface area contributed by atoms with Crippen molar-refractivity contribution in [3.8, 4) is 0 Å². The fraction of sp³-hybridized carbons (Fsp3) is 0. The molecule has 0 spiro atoms. The van der Waals surface area contributed by atoms with Crippen molar-refractivity contribution < 1.29 is 36.3 Å². The number of hydrogen-bond acceptors (Lipinski definition) is 4. The molecule has 0 aromatic heterocycles. The van der Waals surface area contributed by atoms with Crippen molar-refractivity contribution in [3.63, 3.8) is 0 Å². The molecule has 38 valence electrons. The van der Waals surface area contributed by atoms with Crippen molar-refractivity contribution in [2.75, 3.05) is 0 Å². The summed E-state index contributed by atoms with van der Waals surface area (Å²) in [5.74, 6) is 0. The summed E-state index contributed by atoms with van der Waals surface area (Å²) in [4.78, 5) is 34.3. The third kappa shape index (κ3) is 113. The molecule has 7 heavy (non-hydrogen) atoms. The second-order valence-electron chi connectivity index (χ2n) is 0.500. The van der Waals surface area contributed by atoms with E-state index in [0.717, 1.165) is 0 Å². The molecule has 0 saturated carbocycles. The first-order valence-electron chi connectivity index (χ1n) is 0.816. The average molecular weight is 267 g/mol. The predicted octanol–water partition coefficient (Wildman–Crippen LogP) is -5.52. The van der Waals surface area contributed by atoms with Gasteiger partial charge in [0.15, 0.2) is 0 Å². The van der Waals surface area contributed by atoms with Crippen LogP contribution in [0.4, 0.5) is 0 Å². The Labute approximate surface area is 69.1 Å². The van der Waals surface area contributed by atoms with E-state index in [0.29, 0.717) is 0 Å². The predicted molar refractivity (Wildman–Crippen MR) is 11.5 cm³/mol. The standard InChI is InChI=1S/Fe.O4Si.Sn/c;1-5(2,3)4;/q+2;-4;+4. The maximum atomic E-state index is 8.58. The zero-order chi connectivity index (χ0) is 4.50. The van der Waals surface area contributed by atoms with Crippen LogP contribution in [0.5, 0.6) is 0 Å². The van der Waals surface area contributed by atoms with Crippen LogP contribution in [0, 0.1) is 0 Å². The van der Waals surface area contributed by atoms with Gasteiger partial charge in [0.1, 0.15) is 0 Å². The Balaban J connectivity index is -0.0000000800. The van der Waals surface area contributed by atoms with Crippen LogP contribution in [0.1, 0.15) is 0 Å². The maximum Gasteiger partial charge on any atom is 4.00 e. The smallest absolute Gasteiger partial charge is 0.894 e. The molecule has 0 bridgehead atoms. The van der Waals surface area contributed by atoms with Gasteiger partial charge < -0.3 is 28.2 Å². The minimum atomic E-state index is -5.61. The first-order valence-corrected chi connectivity index (χ1v) is 2.45. The van der Waals surface area contributed by atoms with E-state index in [2.05, 4.69) is 0 Å².